The first-order valence-corrected chi connectivity index (χ1v) is 12.0. The standard InChI is InChI=1S/C29H29N3O3/c1-30-29(33)27(32-34-2)24-11-5-6-12-25(24)28-26(31-35-28)18-19-14-16-21(17-15-19)23-13-7-9-20-8-3-4-10-22(20)23/h3-6,8,10-12,14-17,23,28H,7,9,13,18H2,1-2H3,(H,30,33). The molecule has 0 fully saturated rings. The third-order valence-electron chi connectivity index (χ3n) is 6.84. The van der Waals surface area contributed by atoms with Crippen LogP contribution >= 0.6 is 0 Å². The number of likely N-dealkylation sites (N-methyl/N-ethyl adjacent to an activating group) is 1. The van der Waals surface area contributed by atoms with Crippen LogP contribution in [0.25, 0.3) is 0 Å². The Balaban J connectivity index is 1.34. The molecule has 2 unspecified atom stereocenters. The Morgan fingerprint density at radius 1 is 1.06 bits per heavy atom. The van der Waals surface area contributed by atoms with Crippen LogP contribution in [0.4, 0.5) is 0 Å². The molecule has 1 N–H and O–H groups in total. The third-order valence-corrected chi connectivity index (χ3v) is 6.84. The number of hydrogen-bond acceptors (Lipinski definition) is 5. The zero-order valence-corrected chi connectivity index (χ0v) is 20.0. The van der Waals surface area contributed by atoms with Crippen molar-refractivity contribution in [2.45, 2.75) is 37.7 Å². The van der Waals surface area contributed by atoms with Crippen LogP contribution in [0.2, 0.25) is 0 Å². The summed E-state index contributed by atoms with van der Waals surface area (Å²) in [7, 11) is 2.99. The zero-order chi connectivity index (χ0) is 24.2. The van der Waals surface area contributed by atoms with Crippen molar-refractivity contribution in [1.29, 1.82) is 0 Å². The molecule has 1 amide bonds. The van der Waals surface area contributed by atoms with Crippen LogP contribution < -0.4 is 5.32 Å². The highest BCUT2D eigenvalue weighted by molar-refractivity contribution is 6.45. The van der Waals surface area contributed by atoms with Gasteiger partial charge in [-0.15, -0.1) is 0 Å². The summed E-state index contributed by atoms with van der Waals surface area (Å²) >= 11 is 0. The Labute approximate surface area is 205 Å². The number of carbonyl (C=O) groups is 1. The van der Waals surface area contributed by atoms with E-state index < -0.39 is 0 Å². The lowest BCUT2D eigenvalue weighted by molar-refractivity contribution is -0.114. The third kappa shape index (κ3) is 4.56. The Bertz CT molecular complexity index is 1280. The highest BCUT2D eigenvalue weighted by atomic mass is 16.7. The van der Waals surface area contributed by atoms with Crippen molar-refractivity contribution in [2.75, 3.05) is 14.2 Å². The van der Waals surface area contributed by atoms with E-state index in [-0.39, 0.29) is 17.7 Å². The van der Waals surface area contributed by atoms with Gasteiger partial charge in [0.25, 0.3) is 5.91 Å². The largest absolute Gasteiger partial charge is 0.398 e. The molecule has 1 heterocycles. The van der Waals surface area contributed by atoms with E-state index in [1.807, 2.05) is 24.3 Å². The predicted octanol–water partition coefficient (Wildman–Crippen LogP) is 4.92. The average molecular weight is 468 g/mol. The maximum atomic E-state index is 12.4. The SMILES string of the molecule is CNC(=O)C(=NOC)c1ccccc1C1ON=C1Cc1ccc(C2CCCc3ccccc32)cc1. The van der Waals surface area contributed by atoms with E-state index in [0.717, 1.165) is 11.3 Å². The Morgan fingerprint density at radius 3 is 2.51 bits per heavy atom. The molecular formula is C29H29N3O3. The smallest absolute Gasteiger partial charge is 0.273 e. The lowest BCUT2D eigenvalue weighted by Gasteiger charge is -2.28. The molecule has 2 atom stereocenters. The molecule has 3 aromatic rings. The molecule has 1 aliphatic carbocycles. The second-order valence-electron chi connectivity index (χ2n) is 8.92. The van der Waals surface area contributed by atoms with Gasteiger partial charge in [0.2, 0.25) is 0 Å². The highest BCUT2D eigenvalue weighted by Gasteiger charge is 2.33. The molecule has 35 heavy (non-hydrogen) atoms. The first-order valence-electron chi connectivity index (χ1n) is 12.0. The predicted molar refractivity (Wildman–Crippen MR) is 137 cm³/mol. The van der Waals surface area contributed by atoms with Gasteiger partial charge in [0.15, 0.2) is 11.8 Å². The van der Waals surface area contributed by atoms with Crippen molar-refractivity contribution >= 4 is 17.3 Å². The van der Waals surface area contributed by atoms with E-state index in [1.165, 1.54) is 48.6 Å². The Hall–Kier alpha value is -3.93. The fraction of sp³-hybridized carbons (Fsp3) is 0.276. The zero-order valence-electron chi connectivity index (χ0n) is 20.0. The number of nitrogens with zero attached hydrogens (tertiary/aromatic N) is 2. The summed E-state index contributed by atoms with van der Waals surface area (Å²) in [5.41, 5.74) is 8.11. The van der Waals surface area contributed by atoms with Crippen molar-refractivity contribution in [1.82, 2.24) is 5.32 Å². The van der Waals surface area contributed by atoms with Crippen LogP contribution in [0.3, 0.4) is 0 Å². The number of rotatable bonds is 7. The van der Waals surface area contributed by atoms with Crippen LogP contribution in [0.5, 0.6) is 0 Å². The van der Waals surface area contributed by atoms with Gasteiger partial charge in [0.05, 0.1) is 0 Å². The van der Waals surface area contributed by atoms with Crippen LogP contribution in [-0.4, -0.2) is 31.5 Å². The summed E-state index contributed by atoms with van der Waals surface area (Å²) in [6.07, 6.45) is 3.93. The number of fused-ring (bicyclic) bond motifs is 1. The summed E-state index contributed by atoms with van der Waals surface area (Å²) in [6, 6.07) is 25.3. The molecule has 3 aromatic carbocycles. The van der Waals surface area contributed by atoms with Crippen LogP contribution in [0.1, 0.15) is 58.2 Å². The van der Waals surface area contributed by atoms with Crippen molar-refractivity contribution in [3.63, 3.8) is 0 Å². The van der Waals surface area contributed by atoms with Crippen LogP contribution in [-0.2, 0) is 27.3 Å². The maximum absolute atomic E-state index is 12.4. The fourth-order valence-corrected chi connectivity index (χ4v) is 5.08. The summed E-state index contributed by atoms with van der Waals surface area (Å²) in [5.74, 6) is 0.137. The van der Waals surface area contributed by atoms with Gasteiger partial charge < -0.3 is 15.0 Å². The molecule has 5 rings (SSSR count). The number of oxime groups is 2. The van der Waals surface area contributed by atoms with Crippen LogP contribution in [0.15, 0.2) is 83.1 Å². The topological polar surface area (TPSA) is 72.3 Å². The molecule has 0 radical (unpaired) electrons. The van der Waals surface area contributed by atoms with Crippen molar-refractivity contribution in [3.05, 3.63) is 106 Å². The van der Waals surface area contributed by atoms with Gasteiger partial charge in [-0.25, -0.2) is 0 Å². The molecule has 0 bridgehead atoms. The summed E-state index contributed by atoms with van der Waals surface area (Å²) < 4.78 is 0. The minimum absolute atomic E-state index is 0.206. The second-order valence-corrected chi connectivity index (χ2v) is 8.92. The monoisotopic (exact) mass is 467 g/mol. The number of amides is 1. The molecular weight excluding hydrogens is 438 g/mol. The van der Waals surface area contributed by atoms with E-state index in [9.17, 15) is 4.79 Å². The number of benzene rings is 3. The second kappa shape index (κ2) is 10.1. The lowest BCUT2D eigenvalue weighted by atomic mass is 9.79. The minimum Gasteiger partial charge on any atom is -0.398 e. The number of carbonyl (C=O) groups excluding carboxylic acids is 1. The number of nitrogens with one attached hydrogen (secondary N) is 1. The van der Waals surface area contributed by atoms with Gasteiger partial charge >= 0.3 is 0 Å². The summed E-state index contributed by atoms with van der Waals surface area (Å²) in [4.78, 5) is 22.9. The van der Waals surface area contributed by atoms with E-state index in [2.05, 4.69) is 64.2 Å². The number of aryl methyl sites for hydroxylation is 1. The van der Waals surface area contributed by atoms with E-state index >= 15 is 0 Å². The van der Waals surface area contributed by atoms with Crippen LogP contribution in [0, 0.1) is 0 Å². The van der Waals surface area contributed by atoms with Gasteiger partial charge in [-0.05, 0) is 41.5 Å². The first-order chi connectivity index (χ1) is 17.2. The molecule has 0 saturated heterocycles. The van der Waals surface area contributed by atoms with E-state index in [1.54, 1.807) is 7.05 Å². The first kappa shape index (κ1) is 22.8. The fourth-order valence-electron chi connectivity index (χ4n) is 5.08. The molecule has 0 spiro atoms. The Morgan fingerprint density at radius 2 is 1.80 bits per heavy atom. The van der Waals surface area contributed by atoms with Crippen molar-refractivity contribution in [3.8, 4) is 0 Å². The average Bonchev–Trinajstić information content (AvgIpc) is 2.90. The molecule has 0 saturated carbocycles. The van der Waals surface area contributed by atoms with E-state index in [4.69, 9.17) is 9.68 Å². The lowest BCUT2D eigenvalue weighted by Crippen LogP contribution is -2.32. The maximum Gasteiger partial charge on any atom is 0.273 e. The minimum atomic E-state index is -0.331. The molecule has 178 valence electrons. The number of hydrogen-bond donors (Lipinski definition) is 1. The van der Waals surface area contributed by atoms with E-state index in [0.29, 0.717) is 17.9 Å². The van der Waals surface area contributed by atoms with Crippen molar-refractivity contribution < 1.29 is 14.5 Å². The molecule has 1 aliphatic heterocycles. The van der Waals surface area contributed by atoms with Gasteiger partial charge in [-0.1, -0.05) is 83.1 Å². The molecule has 6 nitrogen and oxygen atoms in total. The van der Waals surface area contributed by atoms with Gasteiger partial charge in [-0.2, -0.15) is 0 Å². The van der Waals surface area contributed by atoms with Gasteiger partial charge in [-0.3, -0.25) is 4.79 Å². The molecule has 6 heteroatoms. The van der Waals surface area contributed by atoms with Gasteiger partial charge in [0, 0.05) is 30.5 Å². The Kier molecular flexibility index (Phi) is 6.62. The summed E-state index contributed by atoms with van der Waals surface area (Å²) in [6.45, 7) is 0. The molecule has 0 aromatic heterocycles. The summed E-state index contributed by atoms with van der Waals surface area (Å²) in [5, 5.41) is 10.8. The van der Waals surface area contributed by atoms with Crippen molar-refractivity contribution in [2.24, 2.45) is 10.3 Å². The highest BCUT2D eigenvalue weighted by Crippen LogP contribution is 2.37. The quantitative estimate of drug-likeness (QED) is 0.396. The van der Waals surface area contributed by atoms with Gasteiger partial charge in [0.1, 0.15) is 12.8 Å². The normalized spacial score (nSPS) is 19.0. The molecule has 2 aliphatic rings.